The van der Waals surface area contributed by atoms with E-state index in [-0.39, 0.29) is 13.1 Å². The quantitative estimate of drug-likeness (QED) is 0.228. The largest absolute Gasteiger partial charge is 0.481 e. The average molecular weight is 352 g/mol. The van der Waals surface area contributed by atoms with Gasteiger partial charge in [0, 0.05) is 13.1 Å². The van der Waals surface area contributed by atoms with Gasteiger partial charge in [0.15, 0.2) is 12.1 Å². The maximum absolute atomic E-state index is 10.8. The molecule has 24 heavy (non-hydrogen) atoms. The Bertz CT molecular complexity index is 486. The van der Waals surface area contributed by atoms with Crippen molar-refractivity contribution >= 4 is 17.8 Å². The van der Waals surface area contributed by atoms with E-state index in [2.05, 4.69) is 5.32 Å². The molecule has 0 aliphatic carbocycles. The van der Waals surface area contributed by atoms with Crippen LogP contribution in [0.2, 0.25) is 0 Å². The zero-order valence-electron chi connectivity index (χ0n) is 12.3. The van der Waals surface area contributed by atoms with E-state index in [1.165, 1.54) is 0 Å². The summed E-state index contributed by atoms with van der Waals surface area (Å²) in [6.07, 6.45) is -7.37. The lowest BCUT2D eigenvalue weighted by Crippen LogP contribution is -2.65. The van der Waals surface area contributed by atoms with Gasteiger partial charge in [0.25, 0.3) is 5.91 Å². The third-order valence-electron chi connectivity index (χ3n) is 3.69. The fourth-order valence-electron chi connectivity index (χ4n) is 2.20. The van der Waals surface area contributed by atoms with E-state index < -0.39 is 60.3 Å². The summed E-state index contributed by atoms with van der Waals surface area (Å²) < 4.78 is 0. The molecule has 12 heteroatoms. The molecule has 7 atom stereocenters. The predicted molar refractivity (Wildman–Crippen MR) is 73.6 cm³/mol. The number of β-amino-alcohol motifs (C(OH)–C–C–N with tert-alkyl or cyclic N) is 1. The lowest BCUT2D eigenvalue weighted by atomic mass is 9.94. The third kappa shape index (κ3) is 4.59. The molecule has 9 N–H and O–H groups in total. The molecule has 0 aromatic heterocycles. The summed E-state index contributed by atoms with van der Waals surface area (Å²) in [4.78, 5) is 31.6. The Balaban J connectivity index is 0.000000243. The summed E-state index contributed by atoms with van der Waals surface area (Å²) in [6.45, 7) is 0.471. The number of aliphatic hydroxyl groups is 5. The highest BCUT2D eigenvalue weighted by Gasteiger charge is 2.44. The zero-order valence-corrected chi connectivity index (χ0v) is 12.3. The summed E-state index contributed by atoms with van der Waals surface area (Å²) in [5, 5.41) is 66.7. The standard InChI is InChI=1S/C6H9NO6.C6H11NO4/c8-2-1(6(12)13)7-5(11)4(10)3(2)9;8-4-2-7-1-3(5(4)9)6(10)11/h1-4,8-10H,(H,7,11)(H,12,13);3-5,7-9H,1-2H2,(H,10,11). The van der Waals surface area contributed by atoms with E-state index in [1.54, 1.807) is 0 Å². The second-order valence-electron chi connectivity index (χ2n) is 5.41. The van der Waals surface area contributed by atoms with Crippen molar-refractivity contribution in [1.82, 2.24) is 10.6 Å². The molecule has 0 aromatic rings. The fraction of sp³-hybridized carbons (Fsp3) is 0.750. The van der Waals surface area contributed by atoms with Crippen LogP contribution >= 0.6 is 0 Å². The molecule has 0 radical (unpaired) electrons. The van der Waals surface area contributed by atoms with Crippen molar-refractivity contribution in [3.05, 3.63) is 0 Å². The number of nitrogens with one attached hydrogen (secondary N) is 2. The van der Waals surface area contributed by atoms with Gasteiger partial charge in [-0.05, 0) is 0 Å². The van der Waals surface area contributed by atoms with E-state index in [9.17, 15) is 14.4 Å². The van der Waals surface area contributed by atoms with E-state index in [4.69, 9.17) is 35.7 Å². The van der Waals surface area contributed by atoms with Crippen LogP contribution in [0.1, 0.15) is 0 Å². The van der Waals surface area contributed by atoms with Gasteiger partial charge in [-0.25, -0.2) is 4.79 Å². The lowest BCUT2D eigenvalue weighted by molar-refractivity contribution is -0.165. The number of rotatable bonds is 2. The molecular weight excluding hydrogens is 332 g/mol. The van der Waals surface area contributed by atoms with Gasteiger partial charge in [-0.1, -0.05) is 0 Å². The van der Waals surface area contributed by atoms with Crippen LogP contribution in [0.25, 0.3) is 0 Å². The fourth-order valence-corrected chi connectivity index (χ4v) is 2.20. The first-order valence-electron chi connectivity index (χ1n) is 6.95. The number of hydrogen-bond acceptors (Lipinski definition) is 9. The number of carboxylic acid groups (broad SMARTS) is 2. The smallest absolute Gasteiger partial charge is 0.329 e. The Morgan fingerprint density at radius 3 is 1.92 bits per heavy atom. The summed E-state index contributed by atoms with van der Waals surface area (Å²) in [5.74, 6) is -4.44. The first kappa shape index (κ1) is 20.2. The predicted octanol–water partition coefficient (Wildman–Crippen LogP) is -5.34. The Morgan fingerprint density at radius 1 is 0.875 bits per heavy atom. The Morgan fingerprint density at radius 2 is 1.46 bits per heavy atom. The molecule has 0 saturated carbocycles. The molecule has 12 nitrogen and oxygen atoms in total. The highest BCUT2D eigenvalue weighted by Crippen LogP contribution is 2.12. The van der Waals surface area contributed by atoms with Gasteiger partial charge in [-0.15, -0.1) is 0 Å². The van der Waals surface area contributed by atoms with Crippen molar-refractivity contribution in [2.75, 3.05) is 13.1 Å². The van der Waals surface area contributed by atoms with Crippen LogP contribution in [0, 0.1) is 5.92 Å². The zero-order chi connectivity index (χ0) is 18.6. The molecule has 2 aliphatic heterocycles. The minimum absolute atomic E-state index is 0.216. The topological polar surface area (TPSA) is 217 Å². The molecule has 0 bridgehead atoms. The molecule has 2 saturated heterocycles. The normalized spacial score (nSPS) is 39.2. The van der Waals surface area contributed by atoms with E-state index in [1.807, 2.05) is 5.32 Å². The maximum Gasteiger partial charge on any atom is 0.329 e. The van der Waals surface area contributed by atoms with Crippen LogP contribution in [0.4, 0.5) is 0 Å². The van der Waals surface area contributed by atoms with Gasteiger partial charge in [-0.2, -0.15) is 0 Å². The number of carboxylic acids is 2. The Hall–Kier alpha value is -1.83. The molecule has 0 spiro atoms. The van der Waals surface area contributed by atoms with Crippen molar-refractivity contribution in [2.24, 2.45) is 5.92 Å². The van der Waals surface area contributed by atoms with Gasteiger partial charge >= 0.3 is 11.9 Å². The first-order chi connectivity index (χ1) is 11.1. The number of piperidine rings is 2. The van der Waals surface area contributed by atoms with E-state index in [0.717, 1.165) is 0 Å². The second kappa shape index (κ2) is 8.32. The minimum atomic E-state index is -1.79. The van der Waals surface area contributed by atoms with Gasteiger partial charge in [-0.3, -0.25) is 9.59 Å². The number of aliphatic hydroxyl groups excluding tert-OH is 5. The molecule has 2 aliphatic rings. The van der Waals surface area contributed by atoms with Crippen LogP contribution in [-0.2, 0) is 14.4 Å². The number of amides is 1. The number of hydrogen-bond donors (Lipinski definition) is 9. The summed E-state index contributed by atoms with van der Waals surface area (Å²) in [7, 11) is 0. The molecule has 1 amide bonds. The lowest BCUT2D eigenvalue weighted by Gasteiger charge is -2.32. The molecule has 2 rings (SSSR count). The third-order valence-corrected chi connectivity index (χ3v) is 3.69. The van der Waals surface area contributed by atoms with Gasteiger partial charge in [0.1, 0.15) is 12.2 Å². The highest BCUT2D eigenvalue weighted by molar-refractivity contribution is 5.88. The highest BCUT2D eigenvalue weighted by atomic mass is 16.4. The Labute approximate surface area is 135 Å². The van der Waals surface area contributed by atoms with Crippen molar-refractivity contribution in [1.29, 1.82) is 0 Å². The van der Waals surface area contributed by atoms with Crippen LogP contribution in [0.3, 0.4) is 0 Å². The molecule has 2 heterocycles. The summed E-state index contributed by atoms with van der Waals surface area (Å²) >= 11 is 0. The maximum atomic E-state index is 10.8. The number of carbonyl (C=O) groups is 3. The minimum Gasteiger partial charge on any atom is -0.481 e. The summed E-state index contributed by atoms with van der Waals surface area (Å²) in [5.41, 5.74) is 0. The van der Waals surface area contributed by atoms with Gasteiger partial charge < -0.3 is 46.4 Å². The van der Waals surface area contributed by atoms with Crippen LogP contribution in [-0.4, -0.2) is 103 Å². The van der Waals surface area contributed by atoms with Gasteiger partial charge in [0.2, 0.25) is 0 Å². The molecule has 0 aromatic carbocycles. The van der Waals surface area contributed by atoms with Crippen molar-refractivity contribution in [2.45, 2.75) is 36.6 Å². The van der Waals surface area contributed by atoms with Crippen LogP contribution in [0.15, 0.2) is 0 Å². The van der Waals surface area contributed by atoms with E-state index >= 15 is 0 Å². The molecule has 138 valence electrons. The van der Waals surface area contributed by atoms with Crippen LogP contribution in [0.5, 0.6) is 0 Å². The second-order valence-corrected chi connectivity index (χ2v) is 5.41. The van der Waals surface area contributed by atoms with Crippen LogP contribution < -0.4 is 10.6 Å². The summed E-state index contributed by atoms with van der Waals surface area (Å²) in [6, 6.07) is -1.58. The average Bonchev–Trinajstić information content (AvgIpc) is 2.51. The Kier molecular flexibility index (Phi) is 7.01. The number of carbonyl (C=O) groups excluding carboxylic acids is 1. The van der Waals surface area contributed by atoms with Crippen molar-refractivity contribution in [3.63, 3.8) is 0 Å². The monoisotopic (exact) mass is 352 g/mol. The van der Waals surface area contributed by atoms with E-state index in [0.29, 0.717) is 0 Å². The van der Waals surface area contributed by atoms with Crippen molar-refractivity contribution in [3.8, 4) is 0 Å². The SMILES string of the molecule is O=C(O)C1CNCC(O)C1O.O=C1NC(C(=O)O)C(O)C(O)C1O. The van der Waals surface area contributed by atoms with Crippen molar-refractivity contribution < 1.29 is 50.1 Å². The molecule has 7 unspecified atom stereocenters. The van der Waals surface area contributed by atoms with Gasteiger partial charge in [0.05, 0.1) is 18.1 Å². The molecular formula is C12H20N2O10. The first-order valence-corrected chi connectivity index (χ1v) is 6.95. The number of aliphatic carboxylic acids is 2. The molecule has 2 fully saturated rings.